The molecule has 1 saturated heterocycles. The molecule has 1 fully saturated rings. The van der Waals surface area contributed by atoms with Crippen molar-refractivity contribution in [1.82, 2.24) is 20.1 Å². The van der Waals surface area contributed by atoms with Crippen LogP contribution >= 0.6 is 0 Å². The molecule has 1 aromatic rings. The molecular formula is C11H20N4O2S. The third kappa shape index (κ3) is 3.52. The first-order chi connectivity index (χ1) is 8.46. The summed E-state index contributed by atoms with van der Waals surface area (Å²) in [5.41, 5.74) is 0. The monoisotopic (exact) mass is 272 g/mol. The topological polar surface area (TPSA) is 76.9 Å². The number of aromatic nitrogens is 3. The standard InChI is InChI=1S/C11H20N4O2S/c1-9(2)6-15-8-13-14-11(15)5-12-10-3-4-18(16,17)7-10/h8-10,12H,3-7H2,1-2H3. The van der Waals surface area contributed by atoms with Crippen molar-refractivity contribution in [1.29, 1.82) is 0 Å². The fourth-order valence-electron chi connectivity index (χ4n) is 2.15. The average molecular weight is 272 g/mol. The molecule has 1 aliphatic heterocycles. The van der Waals surface area contributed by atoms with Crippen LogP contribution in [0.4, 0.5) is 0 Å². The summed E-state index contributed by atoms with van der Waals surface area (Å²) in [5.74, 6) is 1.94. The van der Waals surface area contributed by atoms with E-state index in [2.05, 4.69) is 29.4 Å². The van der Waals surface area contributed by atoms with Gasteiger partial charge in [0.05, 0.1) is 18.1 Å². The zero-order valence-corrected chi connectivity index (χ0v) is 11.7. The maximum absolute atomic E-state index is 11.3. The highest BCUT2D eigenvalue weighted by Gasteiger charge is 2.27. The summed E-state index contributed by atoms with van der Waals surface area (Å²) in [6, 6.07) is 0.0548. The number of nitrogens with one attached hydrogen (secondary N) is 1. The summed E-state index contributed by atoms with van der Waals surface area (Å²) in [4.78, 5) is 0. The number of hydrogen-bond acceptors (Lipinski definition) is 5. The van der Waals surface area contributed by atoms with E-state index >= 15 is 0 Å². The maximum Gasteiger partial charge on any atom is 0.151 e. The van der Waals surface area contributed by atoms with Crippen LogP contribution in [0.3, 0.4) is 0 Å². The molecule has 0 aromatic carbocycles. The van der Waals surface area contributed by atoms with Crippen LogP contribution in [-0.2, 0) is 22.9 Å². The van der Waals surface area contributed by atoms with Crippen molar-refractivity contribution in [3.63, 3.8) is 0 Å². The SMILES string of the molecule is CC(C)Cn1cnnc1CNC1CCS(=O)(=O)C1. The molecular weight excluding hydrogens is 252 g/mol. The third-order valence-corrected chi connectivity index (χ3v) is 4.81. The van der Waals surface area contributed by atoms with Gasteiger partial charge in [-0.15, -0.1) is 10.2 Å². The van der Waals surface area contributed by atoms with Gasteiger partial charge in [0.1, 0.15) is 12.2 Å². The van der Waals surface area contributed by atoms with E-state index in [4.69, 9.17) is 0 Å². The fourth-order valence-corrected chi connectivity index (χ4v) is 3.86. The van der Waals surface area contributed by atoms with Crippen LogP contribution in [0, 0.1) is 5.92 Å². The van der Waals surface area contributed by atoms with Gasteiger partial charge in [0.15, 0.2) is 9.84 Å². The summed E-state index contributed by atoms with van der Waals surface area (Å²) in [6.45, 7) is 5.74. The van der Waals surface area contributed by atoms with E-state index in [-0.39, 0.29) is 11.8 Å². The molecule has 0 radical (unpaired) electrons. The van der Waals surface area contributed by atoms with Crippen molar-refractivity contribution in [2.24, 2.45) is 5.92 Å². The minimum absolute atomic E-state index is 0.0548. The Morgan fingerprint density at radius 2 is 2.33 bits per heavy atom. The van der Waals surface area contributed by atoms with Crippen molar-refractivity contribution < 1.29 is 8.42 Å². The molecule has 1 unspecified atom stereocenters. The molecule has 1 atom stereocenters. The highest BCUT2D eigenvalue weighted by atomic mass is 32.2. The Bertz CT molecular complexity index is 495. The molecule has 102 valence electrons. The molecule has 7 heteroatoms. The van der Waals surface area contributed by atoms with Gasteiger partial charge in [-0.25, -0.2) is 8.42 Å². The van der Waals surface area contributed by atoms with Gasteiger partial charge >= 0.3 is 0 Å². The van der Waals surface area contributed by atoms with Crippen LogP contribution in [0.5, 0.6) is 0 Å². The Labute approximate surface area is 108 Å². The lowest BCUT2D eigenvalue weighted by Crippen LogP contribution is -2.30. The lowest BCUT2D eigenvalue weighted by molar-refractivity contribution is 0.479. The first-order valence-corrected chi connectivity index (χ1v) is 8.09. The zero-order chi connectivity index (χ0) is 13.2. The predicted octanol–water partition coefficient (Wildman–Crippen LogP) is 0.211. The lowest BCUT2D eigenvalue weighted by atomic mass is 10.2. The van der Waals surface area contributed by atoms with Crippen LogP contribution in [0.15, 0.2) is 6.33 Å². The molecule has 0 amide bonds. The van der Waals surface area contributed by atoms with Crippen molar-refractivity contribution in [3.8, 4) is 0 Å². The van der Waals surface area contributed by atoms with Gasteiger partial charge in [0.2, 0.25) is 0 Å². The van der Waals surface area contributed by atoms with Crippen molar-refractivity contribution >= 4 is 9.84 Å². The first kappa shape index (κ1) is 13.5. The largest absolute Gasteiger partial charge is 0.316 e. The van der Waals surface area contributed by atoms with Gasteiger partial charge in [-0.1, -0.05) is 13.8 Å². The van der Waals surface area contributed by atoms with Gasteiger partial charge in [-0.2, -0.15) is 0 Å². The van der Waals surface area contributed by atoms with E-state index in [0.717, 1.165) is 12.4 Å². The quantitative estimate of drug-likeness (QED) is 0.829. The highest BCUT2D eigenvalue weighted by molar-refractivity contribution is 7.91. The van der Waals surface area contributed by atoms with Gasteiger partial charge in [0.25, 0.3) is 0 Å². The predicted molar refractivity (Wildman–Crippen MR) is 68.8 cm³/mol. The number of rotatable bonds is 5. The molecule has 0 aliphatic carbocycles. The normalized spacial score (nSPS) is 22.7. The molecule has 0 spiro atoms. The molecule has 18 heavy (non-hydrogen) atoms. The number of nitrogens with zero attached hydrogens (tertiary/aromatic N) is 3. The van der Waals surface area contributed by atoms with Crippen molar-refractivity contribution in [3.05, 3.63) is 12.2 Å². The second-order valence-corrected chi connectivity index (χ2v) is 7.50. The first-order valence-electron chi connectivity index (χ1n) is 6.27. The Kier molecular flexibility index (Phi) is 4.01. The molecule has 6 nitrogen and oxygen atoms in total. The Hall–Kier alpha value is -0.950. The van der Waals surface area contributed by atoms with Crippen molar-refractivity contribution in [2.45, 2.75) is 39.4 Å². The van der Waals surface area contributed by atoms with E-state index in [1.54, 1.807) is 6.33 Å². The molecule has 0 saturated carbocycles. The minimum atomic E-state index is -2.82. The second kappa shape index (κ2) is 5.36. The lowest BCUT2D eigenvalue weighted by Gasteiger charge is -2.12. The zero-order valence-electron chi connectivity index (χ0n) is 10.8. The van der Waals surface area contributed by atoms with Gasteiger partial charge in [-0.05, 0) is 12.3 Å². The van der Waals surface area contributed by atoms with E-state index in [9.17, 15) is 8.42 Å². The summed E-state index contributed by atoms with van der Waals surface area (Å²) < 4.78 is 24.7. The van der Waals surface area contributed by atoms with Gasteiger partial charge in [-0.3, -0.25) is 0 Å². The Morgan fingerprint density at radius 3 is 2.94 bits per heavy atom. The molecule has 1 aromatic heterocycles. The highest BCUT2D eigenvalue weighted by Crippen LogP contribution is 2.12. The average Bonchev–Trinajstić information content (AvgIpc) is 2.81. The van der Waals surface area contributed by atoms with E-state index in [0.29, 0.717) is 24.6 Å². The van der Waals surface area contributed by atoms with Gasteiger partial charge < -0.3 is 9.88 Å². The molecule has 1 aliphatic rings. The molecule has 0 bridgehead atoms. The van der Waals surface area contributed by atoms with Crippen LogP contribution in [0.2, 0.25) is 0 Å². The summed E-state index contributed by atoms with van der Waals surface area (Å²) >= 11 is 0. The van der Waals surface area contributed by atoms with Gasteiger partial charge in [0, 0.05) is 12.6 Å². The summed E-state index contributed by atoms with van der Waals surface area (Å²) in [5, 5.41) is 11.2. The smallest absolute Gasteiger partial charge is 0.151 e. The molecule has 2 heterocycles. The minimum Gasteiger partial charge on any atom is -0.316 e. The second-order valence-electron chi connectivity index (χ2n) is 5.27. The van der Waals surface area contributed by atoms with Crippen LogP contribution in [0.25, 0.3) is 0 Å². The fraction of sp³-hybridized carbons (Fsp3) is 0.818. The van der Waals surface area contributed by atoms with E-state index in [1.165, 1.54) is 0 Å². The van der Waals surface area contributed by atoms with E-state index in [1.807, 2.05) is 4.57 Å². The Balaban J connectivity index is 1.89. The number of hydrogen-bond donors (Lipinski definition) is 1. The molecule has 2 rings (SSSR count). The van der Waals surface area contributed by atoms with Crippen LogP contribution in [-0.4, -0.2) is 40.7 Å². The third-order valence-electron chi connectivity index (χ3n) is 3.04. The van der Waals surface area contributed by atoms with Crippen LogP contribution in [0.1, 0.15) is 26.1 Å². The maximum atomic E-state index is 11.3. The number of sulfone groups is 1. The molecule has 1 N–H and O–H groups in total. The Morgan fingerprint density at radius 1 is 1.56 bits per heavy atom. The van der Waals surface area contributed by atoms with E-state index < -0.39 is 9.84 Å². The van der Waals surface area contributed by atoms with Crippen LogP contribution < -0.4 is 5.32 Å². The summed E-state index contributed by atoms with van der Waals surface area (Å²) in [7, 11) is -2.82. The summed E-state index contributed by atoms with van der Waals surface area (Å²) in [6.07, 6.45) is 2.42. The van der Waals surface area contributed by atoms with Crippen molar-refractivity contribution in [2.75, 3.05) is 11.5 Å².